The van der Waals surface area contributed by atoms with E-state index in [2.05, 4.69) is 5.32 Å². The highest BCUT2D eigenvalue weighted by molar-refractivity contribution is 6.35. The second kappa shape index (κ2) is 7.77. The van der Waals surface area contributed by atoms with Gasteiger partial charge in [0, 0.05) is 21.1 Å². The molecule has 128 valence electrons. The standard InChI is InChI=1S/C20H17Cl2NO2/c1-2-18(20(24)23-16-11-14(21)10-15(22)12-16)25-19-9-5-7-13-6-3-4-8-17(13)19/h3-12,18H,2H2,1H3,(H,23,24)/t18-/m1/s1. The van der Waals surface area contributed by atoms with Crippen LogP contribution < -0.4 is 10.1 Å². The molecule has 1 amide bonds. The van der Waals surface area contributed by atoms with Crippen molar-refractivity contribution < 1.29 is 9.53 Å². The molecule has 1 atom stereocenters. The normalized spacial score (nSPS) is 12.0. The van der Waals surface area contributed by atoms with E-state index >= 15 is 0 Å². The summed E-state index contributed by atoms with van der Waals surface area (Å²) in [6, 6.07) is 18.6. The maximum Gasteiger partial charge on any atom is 0.265 e. The van der Waals surface area contributed by atoms with E-state index in [0.29, 0.717) is 27.9 Å². The zero-order valence-electron chi connectivity index (χ0n) is 13.6. The number of benzene rings is 3. The summed E-state index contributed by atoms with van der Waals surface area (Å²) in [5, 5.41) is 5.78. The highest BCUT2D eigenvalue weighted by Gasteiger charge is 2.19. The van der Waals surface area contributed by atoms with E-state index in [1.54, 1.807) is 18.2 Å². The van der Waals surface area contributed by atoms with Crippen LogP contribution >= 0.6 is 23.2 Å². The monoisotopic (exact) mass is 373 g/mol. The molecular formula is C20H17Cl2NO2. The molecule has 0 spiro atoms. The average molecular weight is 374 g/mol. The molecule has 3 rings (SSSR count). The zero-order chi connectivity index (χ0) is 17.8. The maximum absolute atomic E-state index is 12.6. The summed E-state index contributed by atoms with van der Waals surface area (Å²) in [5.74, 6) is 0.443. The van der Waals surface area contributed by atoms with Gasteiger partial charge < -0.3 is 10.1 Å². The van der Waals surface area contributed by atoms with Crippen molar-refractivity contribution in [2.24, 2.45) is 0 Å². The quantitative estimate of drug-likeness (QED) is 0.600. The number of halogens is 2. The Hall–Kier alpha value is -2.23. The van der Waals surface area contributed by atoms with Gasteiger partial charge in [0.1, 0.15) is 5.75 Å². The van der Waals surface area contributed by atoms with Crippen molar-refractivity contribution in [2.75, 3.05) is 5.32 Å². The van der Waals surface area contributed by atoms with Crippen LogP contribution in [0.4, 0.5) is 5.69 Å². The van der Waals surface area contributed by atoms with Crippen LogP contribution in [0.5, 0.6) is 5.75 Å². The van der Waals surface area contributed by atoms with E-state index in [9.17, 15) is 4.79 Å². The van der Waals surface area contributed by atoms with Crippen molar-refractivity contribution in [2.45, 2.75) is 19.4 Å². The van der Waals surface area contributed by atoms with Gasteiger partial charge in [-0.15, -0.1) is 0 Å². The van der Waals surface area contributed by atoms with Crippen molar-refractivity contribution >= 4 is 45.6 Å². The fraction of sp³-hybridized carbons (Fsp3) is 0.150. The van der Waals surface area contributed by atoms with Crippen LogP contribution in [0.25, 0.3) is 10.8 Å². The van der Waals surface area contributed by atoms with Gasteiger partial charge in [-0.2, -0.15) is 0 Å². The van der Waals surface area contributed by atoms with Crippen LogP contribution in [0.15, 0.2) is 60.7 Å². The Kier molecular flexibility index (Phi) is 5.47. The minimum Gasteiger partial charge on any atom is -0.480 e. The number of nitrogens with one attached hydrogen (secondary N) is 1. The van der Waals surface area contributed by atoms with Crippen molar-refractivity contribution in [1.29, 1.82) is 0 Å². The van der Waals surface area contributed by atoms with Gasteiger partial charge in [-0.25, -0.2) is 0 Å². The van der Waals surface area contributed by atoms with Crippen LogP contribution in [0.3, 0.4) is 0 Å². The van der Waals surface area contributed by atoms with E-state index in [1.165, 1.54) is 0 Å². The topological polar surface area (TPSA) is 38.3 Å². The Morgan fingerprint density at radius 2 is 1.72 bits per heavy atom. The predicted octanol–water partition coefficient (Wildman–Crippen LogP) is 5.94. The van der Waals surface area contributed by atoms with Crippen LogP contribution in [-0.2, 0) is 4.79 Å². The van der Waals surface area contributed by atoms with E-state index in [1.807, 2.05) is 49.4 Å². The van der Waals surface area contributed by atoms with Crippen LogP contribution in [-0.4, -0.2) is 12.0 Å². The number of fused-ring (bicyclic) bond motifs is 1. The Labute approximate surface area is 156 Å². The molecule has 0 heterocycles. The lowest BCUT2D eigenvalue weighted by atomic mass is 10.1. The lowest BCUT2D eigenvalue weighted by Gasteiger charge is -2.18. The van der Waals surface area contributed by atoms with Gasteiger partial charge in [-0.3, -0.25) is 4.79 Å². The van der Waals surface area contributed by atoms with Gasteiger partial charge in [-0.1, -0.05) is 66.5 Å². The molecule has 0 aliphatic rings. The van der Waals surface area contributed by atoms with Gasteiger partial charge in [0.2, 0.25) is 0 Å². The number of amides is 1. The first-order valence-electron chi connectivity index (χ1n) is 7.98. The van der Waals surface area contributed by atoms with E-state index in [-0.39, 0.29) is 5.91 Å². The second-order valence-electron chi connectivity index (χ2n) is 5.64. The minimum atomic E-state index is -0.622. The first kappa shape index (κ1) is 17.6. The number of carbonyl (C=O) groups excluding carboxylic acids is 1. The third-order valence-corrected chi connectivity index (χ3v) is 4.25. The Morgan fingerprint density at radius 1 is 1.04 bits per heavy atom. The van der Waals surface area contributed by atoms with Crippen LogP contribution in [0, 0.1) is 0 Å². The molecule has 3 nitrogen and oxygen atoms in total. The number of ether oxygens (including phenoxy) is 1. The Balaban J connectivity index is 1.80. The molecule has 25 heavy (non-hydrogen) atoms. The average Bonchev–Trinajstić information content (AvgIpc) is 2.58. The lowest BCUT2D eigenvalue weighted by Crippen LogP contribution is -2.32. The van der Waals surface area contributed by atoms with Crippen LogP contribution in [0.2, 0.25) is 10.0 Å². The van der Waals surface area contributed by atoms with Gasteiger partial charge in [-0.05, 0) is 36.1 Å². The van der Waals surface area contributed by atoms with Crippen molar-refractivity contribution in [1.82, 2.24) is 0 Å². The zero-order valence-corrected chi connectivity index (χ0v) is 15.1. The molecule has 1 N–H and O–H groups in total. The number of hydrogen-bond acceptors (Lipinski definition) is 2. The van der Waals surface area contributed by atoms with Gasteiger partial charge >= 0.3 is 0 Å². The molecule has 0 aliphatic heterocycles. The Morgan fingerprint density at radius 3 is 2.44 bits per heavy atom. The molecule has 0 bridgehead atoms. The molecule has 0 saturated heterocycles. The van der Waals surface area contributed by atoms with Gasteiger partial charge in [0.15, 0.2) is 6.10 Å². The van der Waals surface area contributed by atoms with Gasteiger partial charge in [0.25, 0.3) is 5.91 Å². The first-order chi connectivity index (χ1) is 12.1. The predicted molar refractivity (Wildman–Crippen MR) is 104 cm³/mol. The fourth-order valence-electron chi connectivity index (χ4n) is 2.62. The SMILES string of the molecule is CC[C@@H](Oc1cccc2ccccc12)C(=O)Nc1cc(Cl)cc(Cl)c1. The highest BCUT2D eigenvalue weighted by Crippen LogP contribution is 2.27. The first-order valence-corrected chi connectivity index (χ1v) is 8.74. The minimum absolute atomic E-state index is 0.242. The summed E-state index contributed by atoms with van der Waals surface area (Å²) in [4.78, 5) is 12.6. The smallest absolute Gasteiger partial charge is 0.265 e. The summed E-state index contributed by atoms with van der Waals surface area (Å²) >= 11 is 12.0. The molecule has 0 aromatic heterocycles. The molecular weight excluding hydrogens is 357 g/mol. The lowest BCUT2D eigenvalue weighted by molar-refractivity contribution is -0.122. The second-order valence-corrected chi connectivity index (χ2v) is 6.51. The maximum atomic E-state index is 12.6. The summed E-state index contributed by atoms with van der Waals surface area (Å²) in [6.45, 7) is 1.90. The molecule has 0 radical (unpaired) electrons. The molecule has 0 saturated carbocycles. The van der Waals surface area contributed by atoms with E-state index in [0.717, 1.165) is 10.8 Å². The summed E-state index contributed by atoms with van der Waals surface area (Å²) in [7, 11) is 0. The molecule has 0 fully saturated rings. The van der Waals surface area contributed by atoms with E-state index in [4.69, 9.17) is 27.9 Å². The third kappa shape index (κ3) is 4.25. The molecule has 3 aromatic rings. The van der Waals surface area contributed by atoms with Gasteiger partial charge in [0.05, 0.1) is 0 Å². The molecule has 3 aromatic carbocycles. The largest absolute Gasteiger partial charge is 0.480 e. The van der Waals surface area contributed by atoms with Crippen molar-refractivity contribution in [3.05, 3.63) is 70.7 Å². The Bertz CT molecular complexity index is 886. The summed E-state index contributed by atoms with van der Waals surface area (Å²) < 4.78 is 5.99. The van der Waals surface area contributed by atoms with E-state index < -0.39 is 6.10 Å². The summed E-state index contributed by atoms with van der Waals surface area (Å²) in [6.07, 6.45) is -0.0906. The fourth-order valence-corrected chi connectivity index (χ4v) is 3.15. The number of hydrogen-bond donors (Lipinski definition) is 1. The number of rotatable bonds is 5. The molecule has 5 heteroatoms. The summed E-state index contributed by atoms with van der Waals surface area (Å²) in [5.41, 5.74) is 0.544. The number of anilines is 1. The van der Waals surface area contributed by atoms with Crippen molar-refractivity contribution in [3.63, 3.8) is 0 Å². The third-order valence-electron chi connectivity index (χ3n) is 3.81. The highest BCUT2D eigenvalue weighted by atomic mass is 35.5. The molecule has 0 aliphatic carbocycles. The molecule has 0 unspecified atom stereocenters. The van der Waals surface area contributed by atoms with Crippen LogP contribution in [0.1, 0.15) is 13.3 Å². The number of carbonyl (C=O) groups is 1. The van der Waals surface area contributed by atoms with Crippen molar-refractivity contribution in [3.8, 4) is 5.75 Å².